The molecule has 1 heterocycles. The molecule has 246 valence electrons. The van der Waals surface area contributed by atoms with Crippen LogP contribution in [0.3, 0.4) is 0 Å². The number of carbonyl (C=O) groups excluding carboxylic acids is 3. The van der Waals surface area contributed by atoms with E-state index in [1.165, 1.54) is 12.1 Å². The van der Waals surface area contributed by atoms with E-state index < -0.39 is 53.8 Å². The third-order valence-corrected chi connectivity index (χ3v) is 7.64. The molecule has 4 rings (SSSR count). The number of aromatic hydroxyl groups is 1. The normalized spacial score (nSPS) is 13.6. The van der Waals surface area contributed by atoms with Gasteiger partial charge in [-0.3, -0.25) is 19.2 Å². The third kappa shape index (κ3) is 9.90. The number of benzene rings is 3. The number of nitrogens with one attached hydrogen (secondary N) is 4. The van der Waals surface area contributed by atoms with E-state index in [0.717, 1.165) is 10.9 Å². The van der Waals surface area contributed by atoms with Gasteiger partial charge in [0.1, 0.15) is 23.9 Å². The van der Waals surface area contributed by atoms with Crippen molar-refractivity contribution in [3.8, 4) is 5.75 Å². The lowest BCUT2D eigenvalue weighted by Gasteiger charge is -2.25. The maximum absolute atomic E-state index is 13.8. The summed E-state index contributed by atoms with van der Waals surface area (Å²) in [6, 6.07) is 17.1. The Morgan fingerprint density at radius 3 is 1.85 bits per heavy atom. The molecule has 0 aliphatic heterocycles. The summed E-state index contributed by atoms with van der Waals surface area (Å²) in [6.45, 7) is 0. The van der Waals surface area contributed by atoms with E-state index in [0.29, 0.717) is 16.7 Å². The van der Waals surface area contributed by atoms with E-state index in [1.807, 2.05) is 24.3 Å². The van der Waals surface area contributed by atoms with Gasteiger partial charge in [-0.2, -0.15) is 0 Å². The number of phenolic OH excluding ortho intramolecular Hbond substituents is 1. The van der Waals surface area contributed by atoms with Crippen LogP contribution in [0.2, 0.25) is 0 Å². The highest BCUT2D eigenvalue weighted by atomic mass is 16.4. The second-order valence-corrected chi connectivity index (χ2v) is 11.2. The maximum atomic E-state index is 13.8. The Morgan fingerprint density at radius 2 is 1.23 bits per heavy atom. The van der Waals surface area contributed by atoms with Crippen LogP contribution in [0.1, 0.15) is 29.5 Å². The van der Waals surface area contributed by atoms with E-state index in [4.69, 9.17) is 10.8 Å². The van der Waals surface area contributed by atoms with Crippen molar-refractivity contribution in [2.45, 2.75) is 56.3 Å². The Hall–Kier alpha value is -5.69. The van der Waals surface area contributed by atoms with Crippen LogP contribution < -0.4 is 21.7 Å². The first-order chi connectivity index (χ1) is 22.5. The molecule has 1 aromatic heterocycles. The molecule has 3 aromatic carbocycles. The molecular formula is C34H37N5O8. The molecule has 0 saturated heterocycles. The van der Waals surface area contributed by atoms with Crippen LogP contribution in [0, 0.1) is 0 Å². The summed E-state index contributed by atoms with van der Waals surface area (Å²) in [7, 11) is 0. The molecule has 0 fully saturated rings. The van der Waals surface area contributed by atoms with Gasteiger partial charge in [-0.05, 0) is 41.3 Å². The van der Waals surface area contributed by atoms with Crippen LogP contribution in [-0.2, 0) is 43.2 Å². The van der Waals surface area contributed by atoms with Gasteiger partial charge in [0.2, 0.25) is 17.7 Å². The van der Waals surface area contributed by atoms with Crippen LogP contribution in [0.15, 0.2) is 85.1 Å². The first-order valence-electron chi connectivity index (χ1n) is 15.0. The van der Waals surface area contributed by atoms with Gasteiger partial charge in [-0.15, -0.1) is 0 Å². The van der Waals surface area contributed by atoms with E-state index in [2.05, 4.69) is 20.9 Å². The van der Waals surface area contributed by atoms with Crippen LogP contribution in [0.5, 0.6) is 5.75 Å². The van der Waals surface area contributed by atoms with Crippen molar-refractivity contribution in [3.63, 3.8) is 0 Å². The highest BCUT2D eigenvalue weighted by Crippen LogP contribution is 2.19. The van der Waals surface area contributed by atoms with Crippen LogP contribution in [0.25, 0.3) is 10.9 Å². The molecule has 13 nitrogen and oxygen atoms in total. The van der Waals surface area contributed by atoms with E-state index in [1.54, 1.807) is 48.7 Å². The van der Waals surface area contributed by atoms with Crippen molar-refractivity contribution in [2.24, 2.45) is 5.73 Å². The van der Waals surface area contributed by atoms with Gasteiger partial charge in [0.25, 0.3) is 0 Å². The standard InChI is InChI=1S/C34H37N5O8/c35-25(14-15-30(41)42)31(43)37-27(16-20-6-2-1-3-7-20)32(44)38-28(17-21-10-12-23(40)13-11-21)33(45)39-29(34(46)47)18-22-19-36-26-9-5-4-8-24(22)26/h1-13,19,25,27-29,36,40H,14-18,35H2,(H,37,43)(H,38,44)(H,39,45)(H,41,42)(H,46,47). The zero-order valence-corrected chi connectivity index (χ0v) is 25.4. The number of carbonyl (C=O) groups is 5. The van der Waals surface area contributed by atoms with Crippen molar-refractivity contribution in [2.75, 3.05) is 0 Å². The molecule has 4 atom stereocenters. The summed E-state index contributed by atoms with van der Waals surface area (Å²) < 4.78 is 0. The predicted molar refractivity (Wildman–Crippen MR) is 172 cm³/mol. The summed E-state index contributed by atoms with van der Waals surface area (Å²) in [5.41, 5.74) is 8.64. The maximum Gasteiger partial charge on any atom is 0.326 e. The van der Waals surface area contributed by atoms with Gasteiger partial charge < -0.3 is 42.0 Å². The monoisotopic (exact) mass is 643 g/mol. The molecule has 0 aliphatic carbocycles. The zero-order chi connectivity index (χ0) is 33.9. The molecule has 9 N–H and O–H groups in total. The Balaban J connectivity index is 1.57. The smallest absolute Gasteiger partial charge is 0.326 e. The predicted octanol–water partition coefficient (Wildman–Crippen LogP) is 1.63. The van der Waals surface area contributed by atoms with Crippen LogP contribution in [0.4, 0.5) is 0 Å². The number of H-pyrrole nitrogens is 1. The number of para-hydroxylation sites is 1. The van der Waals surface area contributed by atoms with Crippen molar-refractivity contribution >= 4 is 40.6 Å². The highest BCUT2D eigenvalue weighted by molar-refractivity contribution is 5.94. The second kappa shape index (κ2) is 16.0. The van der Waals surface area contributed by atoms with Crippen LogP contribution >= 0.6 is 0 Å². The zero-order valence-electron chi connectivity index (χ0n) is 25.4. The summed E-state index contributed by atoms with van der Waals surface area (Å²) in [6.07, 6.45) is 1.10. The molecular weight excluding hydrogens is 606 g/mol. The quantitative estimate of drug-likeness (QED) is 0.0887. The minimum absolute atomic E-state index is 0.00617. The number of rotatable bonds is 16. The fourth-order valence-corrected chi connectivity index (χ4v) is 5.09. The average molecular weight is 644 g/mol. The fraction of sp³-hybridized carbons (Fsp3) is 0.265. The second-order valence-electron chi connectivity index (χ2n) is 11.2. The van der Waals surface area contributed by atoms with Crippen molar-refractivity contribution < 1.29 is 39.3 Å². The van der Waals surface area contributed by atoms with E-state index in [9.17, 15) is 34.2 Å². The molecule has 4 aromatic rings. The van der Waals surface area contributed by atoms with Gasteiger partial charge in [0, 0.05) is 42.8 Å². The number of nitrogens with two attached hydrogens (primary N) is 1. The lowest BCUT2D eigenvalue weighted by atomic mass is 10.0. The Kier molecular flexibility index (Phi) is 11.7. The Morgan fingerprint density at radius 1 is 0.681 bits per heavy atom. The van der Waals surface area contributed by atoms with Gasteiger partial charge in [-0.1, -0.05) is 60.7 Å². The number of hydrogen-bond donors (Lipinski definition) is 8. The summed E-state index contributed by atoms with van der Waals surface area (Å²) in [5.74, 6) is -4.67. The number of aromatic amines is 1. The van der Waals surface area contributed by atoms with Crippen molar-refractivity contribution in [1.29, 1.82) is 0 Å². The summed E-state index contributed by atoms with van der Waals surface area (Å²) >= 11 is 0. The molecule has 0 saturated carbocycles. The molecule has 4 unspecified atom stereocenters. The first kappa shape index (κ1) is 34.2. The molecule has 13 heteroatoms. The number of carboxylic acid groups (broad SMARTS) is 2. The lowest BCUT2D eigenvalue weighted by Crippen LogP contribution is -2.58. The van der Waals surface area contributed by atoms with Gasteiger partial charge >= 0.3 is 11.9 Å². The number of fused-ring (bicyclic) bond motifs is 1. The largest absolute Gasteiger partial charge is 0.508 e. The molecule has 0 aliphatic rings. The minimum atomic E-state index is -1.34. The van der Waals surface area contributed by atoms with E-state index >= 15 is 0 Å². The first-order valence-corrected chi connectivity index (χ1v) is 15.0. The number of phenols is 1. The Bertz CT molecular complexity index is 1710. The number of carboxylic acids is 2. The van der Waals surface area contributed by atoms with Crippen LogP contribution in [-0.4, -0.2) is 74.1 Å². The summed E-state index contributed by atoms with van der Waals surface area (Å²) in [5, 5.41) is 37.3. The fourth-order valence-electron chi connectivity index (χ4n) is 5.09. The third-order valence-electron chi connectivity index (χ3n) is 7.64. The van der Waals surface area contributed by atoms with Gasteiger partial charge in [-0.25, -0.2) is 4.79 Å². The van der Waals surface area contributed by atoms with Gasteiger partial charge in [0.05, 0.1) is 6.04 Å². The molecule has 3 amide bonds. The highest BCUT2D eigenvalue weighted by Gasteiger charge is 2.31. The molecule has 0 radical (unpaired) electrons. The molecule has 0 spiro atoms. The van der Waals surface area contributed by atoms with Crippen molar-refractivity contribution in [1.82, 2.24) is 20.9 Å². The number of hydrogen-bond acceptors (Lipinski definition) is 7. The van der Waals surface area contributed by atoms with E-state index in [-0.39, 0.29) is 37.9 Å². The lowest BCUT2D eigenvalue weighted by molar-refractivity contribution is -0.142. The number of aliphatic carboxylic acids is 2. The Labute approximate surface area is 270 Å². The molecule has 0 bridgehead atoms. The topological polar surface area (TPSA) is 224 Å². The summed E-state index contributed by atoms with van der Waals surface area (Å²) in [4.78, 5) is 66.7. The minimum Gasteiger partial charge on any atom is -0.508 e. The SMILES string of the molecule is NC(CCC(=O)O)C(=O)NC(Cc1ccccc1)C(=O)NC(Cc1ccc(O)cc1)C(=O)NC(Cc1c[nH]c2ccccc12)C(=O)O. The number of aromatic nitrogens is 1. The number of amides is 3. The van der Waals surface area contributed by atoms with Gasteiger partial charge in [0.15, 0.2) is 0 Å². The average Bonchev–Trinajstić information content (AvgIpc) is 3.46. The van der Waals surface area contributed by atoms with Crippen molar-refractivity contribution in [3.05, 3.63) is 102 Å². The molecule has 47 heavy (non-hydrogen) atoms.